The number of hydrogen-bond acceptors (Lipinski definition) is 7. The van der Waals surface area contributed by atoms with E-state index in [1.54, 1.807) is 44.6 Å². The zero-order valence-corrected chi connectivity index (χ0v) is 20.0. The number of aromatic nitrogens is 2. The van der Waals surface area contributed by atoms with Gasteiger partial charge >= 0.3 is 5.97 Å². The van der Waals surface area contributed by atoms with Crippen molar-refractivity contribution in [1.29, 1.82) is 0 Å². The van der Waals surface area contributed by atoms with Gasteiger partial charge in [-0.05, 0) is 38.1 Å². The molecule has 0 radical (unpaired) electrons. The molecular formula is C25H26ClN5O3. The highest BCUT2D eigenvalue weighted by Gasteiger charge is 2.19. The van der Waals surface area contributed by atoms with Crippen molar-refractivity contribution < 1.29 is 14.3 Å². The van der Waals surface area contributed by atoms with Crippen LogP contribution in [0.4, 0.5) is 5.69 Å². The average molecular weight is 480 g/mol. The predicted molar refractivity (Wildman–Crippen MR) is 135 cm³/mol. The molecule has 0 saturated carbocycles. The Morgan fingerprint density at radius 2 is 2.03 bits per heavy atom. The Labute approximate surface area is 203 Å². The maximum absolute atomic E-state index is 12.5. The van der Waals surface area contributed by atoms with Gasteiger partial charge in [0.15, 0.2) is 0 Å². The fourth-order valence-corrected chi connectivity index (χ4v) is 3.32. The van der Waals surface area contributed by atoms with Gasteiger partial charge in [-0.3, -0.25) is 0 Å². The summed E-state index contributed by atoms with van der Waals surface area (Å²) in [6.07, 6.45) is 4.80. The van der Waals surface area contributed by atoms with Crippen LogP contribution < -0.4 is 15.8 Å². The normalized spacial score (nSPS) is 11.8. The van der Waals surface area contributed by atoms with E-state index in [2.05, 4.69) is 21.9 Å². The van der Waals surface area contributed by atoms with Crippen LogP contribution in [-0.2, 0) is 9.53 Å². The molecular weight excluding hydrogens is 454 g/mol. The number of hydrogen-bond donors (Lipinski definition) is 2. The summed E-state index contributed by atoms with van der Waals surface area (Å²) in [4.78, 5) is 21.3. The highest BCUT2D eigenvalue weighted by molar-refractivity contribution is 6.31. The minimum atomic E-state index is -0.590. The van der Waals surface area contributed by atoms with Gasteiger partial charge < -0.3 is 25.1 Å². The summed E-state index contributed by atoms with van der Waals surface area (Å²) in [5.41, 5.74) is 9.22. The molecule has 9 heteroatoms. The van der Waals surface area contributed by atoms with Crippen LogP contribution in [0.1, 0.15) is 18.2 Å². The number of anilines is 1. The monoisotopic (exact) mass is 479 g/mol. The average Bonchev–Trinajstić information content (AvgIpc) is 3.25. The Balaban J connectivity index is 1.93. The van der Waals surface area contributed by atoms with E-state index in [1.165, 1.54) is 6.20 Å². The lowest BCUT2D eigenvalue weighted by atomic mass is 10.0. The summed E-state index contributed by atoms with van der Waals surface area (Å²) < 4.78 is 12.6. The summed E-state index contributed by atoms with van der Waals surface area (Å²) in [6, 6.07) is 12.4. The van der Waals surface area contributed by atoms with Crippen molar-refractivity contribution >= 4 is 29.0 Å². The van der Waals surface area contributed by atoms with Crippen LogP contribution >= 0.6 is 11.6 Å². The number of methoxy groups -OCH3 is 1. The van der Waals surface area contributed by atoms with Crippen LogP contribution in [0.3, 0.4) is 0 Å². The summed E-state index contributed by atoms with van der Waals surface area (Å²) in [5, 5.41) is 3.68. The number of rotatable bonds is 9. The van der Waals surface area contributed by atoms with E-state index < -0.39 is 5.97 Å². The van der Waals surface area contributed by atoms with Gasteiger partial charge in [0.25, 0.3) is 0 Å². The van der Waals surface area contributed by atoms with E-state index in [9.17, 15) is 4.79 Å². The Bertz CT molecular complexity index is 1250. The molecule has 0 aliphatic carbocycles. The molecule has 1 heterocycles. The Kier molecular flexibility index (Phi) is 8.10. The molecule has 1 aromatic heterocycles. The van der Waals surface area contributed by atoms with Crippen LogP contribution in [0.15, 0.2) is 84.2 Å². The molecule has 176 valence electrons. The molecule has 3 aromatic rings. The minimum absolute atomic E-state index is 0.107. The summed E-state index contributed by atoms with van der Waals surface area (Å²) >= 11 is 6.02. The SMILES string of the molecule is C=C(N=C(/C(=C\N)C(=O)OCC)c1ccc(Cl)cc1)Nc1ccc(-n2cnc(C)c2)c(OC)c1. The standard InChI is InChI=1S/C25H26ClN5O3/c1-5-34-25(32)21(13-27)24(18-6-8-19(26)9-7-18)30-17(3)29-20-10-11-22(23(12-20)33-4)31-14-16(2)28-15-31/h6-15,29H,3,5,27H2,1-2,4H3/b21-13+,30-24?. The maximum atomic E-state index is 12.5. The molecule has 34 heavy (non-hydrogen) atoms. The third-order valence-electron chi connectivity index (χ3n) is 4.74. The van der Waals surface area contributed by atoms with Crippen LogP contribution in [0.25, 0.3) is 5.69 Å². The Hall–Kier alpha value is -4.04. The lowest BCUT2D eigenvalue weighted by Crippen LogP contribution is -2.19. The van der Waals surface area contributed by atoms with E-state index in [1.807, 2.05) is 35.9 Å². The zero-order valence-electron chi connectivity index (χ0n) is 19.2. The number of esters is 1. The number of nitrogens with zero attached hydrogens (tertiary/aromatic N) is 3. The molecule has 0 aliphatic heterocycles. The lowest BCUT2D eigenvalue weighted by Gasteiger charge is -2.14. The van der Waals surface area contributed by atoms with Gasteiger partial charge in [0.2, 0.25) is 0 Å². The largest absolute Gasteiger partial charge is 0.494 e. The maximum Gasteiger partial charge on any atom is 0.341 e. The van der Waals surface area contributed by atoms with Gasteiger partial charge in [0.1, 0.15) is 17.1 Å². The first-order chi connectivity index (χ1) is 16.4. The molecule has 0 aliphatic rings. The van der Waals surface area contributed by atoms with Crippen LogP contribution in [-0.4, -0.2) is 34.9 Å². The number of carbonyl (C=O) groups excluding carboxylic acids is 1. The van der Waals surface area contributed by atoms with Crippen LogP contribution in [0.5, 0.6) is 5.75 Å². The highest BCUT2D eigenvalue weighted by atomic mass is 35.5. The molecule has 0 unspecified atom stereocenters. The first kappa shape index (κ1) is 24.6. The van der Waals surface area contributed by atoms with E-state index in [4.69, 9.17) is 26.8 Å². The molecule has 0 atom stereocenters. The number of ether oxygens (including phenoxy) is 2. The third kappa shape index (κ3) is 5.85. The first-order valence-corrected chi connectivity index (χ1v) is 10.8. The smallest absolute Gasteiger partial charge is 0.341 e. The van der Waals surface area contributed by atoms with Gasteiger partial charge in [-0.1, -0.05) is 30.3 Å². The quantitative estimate of drug-likeness (QED) is 0.263. The fraction of sp³-hybridized carbons (Fsp3) is 0.160. The van der Waals surface area contributed by atoms with Crippen molar-refractivity contribution in [1.82, 2.24) is 9.55 Å². The number of nitrogens with one attached hydrogen (secondary N) is 1. The van der Waals surface area contributed by atoms with Gasteiger partial charge in [-0.25, -0.2) is 14.8 Å². The number of halogens is 1. The second-order valence-electron chi connectivity index (χ2n) is 7.15. The van der Waals surface area contributed by atoms with E-state index in [-0.39, 0.29) is 18.0 Å². The number of carbonyl (C=O) groups is 1. The molecule has 0 saturated heterocycles. The van der Waals surface area contributed by atoms with E-state index in [0.717, 1.165) is 11.4 Å². The molecule has 8 nitrogen and oxygen atoms in total. The number of nitrogens with two attached hydrogens (primary N) is 1. The second-order valence-corrected chi connectivity index (χ2v) is 7.59. The highest BCUT2D eigenvalue weighted by Crippen LogP contribution is 2.28. The topological polar surface area (TPSA) is 104 Å². The molecule has 0 bridgehead atoms. The van der Waals surface area contributed by atoms with Crippen molar-refractivity contribution in [3.8, 4) is 11.4 Å². The third-order valence-corrected chi connectivity index (χ3v) is 4.99. The Morgan fingerprint density at radius 3 is 2.62 bits per heavy atom. The molecule has 3 rings (SSSR count). The molecule has 3 N–H and O–H groups in total. The van der Waals surface area contributed by atoms with Crippen molar-refractivity contribution in [2.45, 2.75) is 13.8 Å². The molecule has 0 spiro atoms. The minimum Gasteiger partial charge on any atom is -0.494 e. The van der Waals surface area contributed by atoms with Gasteiger partial charge in [-0.2, -0.15) is 0 Å². The molecule has 2 aromatic carbocycles. The van der Waals surface area contributed by atoms with Gasteiger partial charge in [0, 0.05) is 34.7 Å². The number of aryl methyl sites for hydroxylation is 1. The van der Waals surface area contributed by atoms with Crippen molar-refractivity contribution in [2.24, 2.45) is 10.7 Å². The predicted octanol–water partition coefficient (Wildman–Crippen LogP) is 4.62. The molecule has 0 fully saturated rings. The number of benzene rings is 2. The lowest BCUT2D eigenvalue weighted by molar-refractivity contribution is -0.137. The van der Waals surface area contributed by atoms with Crippen LogP contribution in [0, 0.1) is 6.92 Å². The van der Waals surface area contributed by atoms with Gasteiger partial charge in [-0.15, -0.1) is 0 Å². The summed E-state index contributed by atoms with van der Waals surface area (Å²) in [5.74, 6) is 0.321. The molecule has 0 amide bonds. The van der Waals surface area contributed by atoms with Crippen molar-refractivity contribution in [3.63, 3.8) is 0 Å². The van der Waals surface area contributed by atoms with E-state index >= 15 is 0 Å². The first-order valence-electron chi connectivity index (χ1n) is 10.4. The Morgan fingerprint density at radius 1 is 1.29 bits per heavy atom. The second kappa shape index (κ2) is 11.2. The van der Waals surface area contributed by atoms with Crippen molar-refractivity contribution in [2.75, 3.05) is 19.0 Å². The van der Waals surface area contributed by atoms with Crippen LogP contribution in [0.2, 0.25) is 5.02 Å². The van der Waals surface area contributed by atoms with Crippen molar-refractivity contribution in [3.05, 3.63) is 95.4 Å². The summed E-state index contributed by atoms with van der Waals surface area (Å²) in [6.45, 7) is 7.83. The number of aliphatic imine (C=N–C) groups is 1. The number of imidazole rings is 1. The zero-order chi connectivity index (χ0) is 24.7. The van der Waals surface area contributed by atoms with Gasteiger partial charge in [0.05, 0.1) is 37.1 Å². The summed E-state index contributed by atoms with van der Waals surface area (Å²) in [7, 11) is 1.59. The van der Waals surface area contributed by atoms with E-state index in [0.29, 0.717) is 27.7 Å². The fourth-order valence-electron chi connectivity index (χ4n) is 3.19.